The molecule has 0 N–H and O–H groups in total. The highest BCUT2D eigenvalue weighted by Gasteiger charge is 2.47. The lowest BCUT2D eigenvalue weighted by atomic mass is 9.64. The molecule has 28 heavy (non-hydrogen) atoms. The van der Waals surface area contributed by atoms with Crippen LogP contribution in [0.15, 0.2) is 71.9 Å². The largest absolute Gasteiger partial charge is 0.243 e. The van der Waals surface area contributed by atoms with Crippen molar-refractivity contribution in [2.45, 2.75) is 86.7 Å². The van der Waals surface area contributed by atoms with Crippen molar-refractivity contribution in [2.75, 3.05) is 0 Å². The van der Waals surface area contributed by atoms with Crippen molar-refractivity contribution in [2.24, 2.45) is 11.3 Å². The molecule has 0 aliphatic heterocycles. The minimum atomic E-state index is -1.26. The van der Waals surface area contributed by atoms with Gasteiger partial charge in [0.15, 0.2) is 0 Å². The Kier molecular flexibility index (Phi) is 10.2. The molecule has 0 aliphatic carbocycles. The Hall–Kier alpha value is -1.63. The minimum absolute atomic E-state index is 0.155. The number of allylic oxidation sites excluding steroid dienone is 8. The summed E-state index contributed by atoms with van der Waals surface area (Å²) >= 11 is 0. The monoisotopic (exact) mass is 386 g/mol. The van der Waals surface area contributed by atoms with E-state index in [2.05, 4.69) is 47.1 Å². The van der Waals surface area contributed by atoms with Crippen LogP contribution in [0.25, 0.3) is 0 Å². The van der Waals surface area contributed by atoms with Crippen LogP contribution < -0.4 is 0 Å². The van der Waals surface area contributed by atoms with Crippen LogP contribution in [-0.4, -0.2) is 5.67 Å². The van der Waals surface area contributed by atoms with Crippen molar-refractivity contribution >= 4 is 0 Å². The maximum absolute atomic E-state index is 15.8. The summed E-state index contributed by atoms with van der Waals surface area (Å²) in [7, 11) is 0. The fraction of sp³-hybridized carbons (Fsp3) is 0.556. The van der Waals surface area contributed by atoms with E-state index in [0.717, 1.165) is 59.1 Å². The van der Waals surface area contributed by atoms with Crippen molar-refractivity contribution in [3.8, 4) is 0 Å². The van der Waals surface area contributed by atoms with Crippen LogP contribution in [0.2, 0.25) is 0 Å². The quantitative estimate of drug-likeness (QED) is 0.293. The zero-order chi connectivity index (χ0) is 22.3. The number of hydrogen-bond acceptors (Lipinski definition) is 0. The first-order valence-corrected chi connectivity index (χ1v) is 10.5. The fourth-order valence-corrected chi connectivity index (χ4v) is 3.36. The zero-order valence-corrected chi connectivity index (χ0v) is 19.8. The average molecular weight is 387 g/mol. The van der Waals surface area contributed by atoms with Gasteiger partial charge in [0.05, 0.1) is 0 Å². The van der Waals surface area contributed by atoms with Crippen molar-refractivity contribution in [1.82, 2.24) is 0 Å². The molecule has 158 valence electrons. The maximum Gasteiger partial charge on any atom is 0.119 e. The van der Waals surface area contributed by atoms with Gasteiger partial charge in [-0.05, 0) is 64.5 Å². The molecule has 0 aromatic heterocycles. The van der Waals surface area contributed by atoms with E-state index < -0.39 is 5.67 Å². The Balaban J connectivity index is 5.28. The van der Waals surface area contributed by atoms with Gasteiger partial charge in [0.2, 0.25) is 0 Å². The Morgan fingerprint density at radius 3 is 1.79 bits per heavy atom. The third-order valence-corrected chi connectivity index (χ3v) is 7.15. The van der Waals surface area contributed by atoms with E-state index in [1.807, 2.05) is 39.8 Å². The van der Waals surface area contributed by atoms with Crippen LogP contribution in [-0.2, 0) is 0 Å². The van der Waals surface area contributed by atoms with Crippen molar-refractivity contribution < 1.29 is 4.39 Å². The molecule has 0 aromatic rings. The van der Waals surface area contributed by atoms with E-state index in [-0.39, 0.29) is 11.3 Å². The first-order chi connectivity index (χ1) is 12.7. The van der Waals surface area contributed by atoms with Gasteiger partial charge < -0.3 is 0 Å². The summed E-state index contributed by atoms with van der Waals surface area (Å²) in [5, 5.41) is 0. The van der Waals surface area contributed by atoms with E-state index in [0.29, 0.717) is 0 Å². The van der Waals surface area contributed by atoms with Crippen LogP contribution in [0.4, 0.5) is 4.39 Å². The maximum atomic E-state index is 15.8. The van der Waals surface area contributed by atoms with Gasteiger partial charge in [-0.2, -0.15) is 0 Å². The Morgan fingerprint density at radius 2 is 1.36 bits per heavy atom. The molecule has 0 nitrogen and oxygen atoms in total. The summed E-state index contributed by atoms with van der Waals surface area (Å²) in [6, 6.07) is 0. The zero-order valence-electron chi connectivity index (χ0n) is 19.8. The van der Waals surface area contributed by atoms with Crippen LogP contribution in [0.3, 0.4) is 0 Å². The van der Waals surface area contributed by atoms with Gasteiger partial charge in [0.25, 0.3) is 0 Å². The number of alkyl halides is 1. The van der Waals surface area contributed by atoms with E-state index in [9.17, 15) is 0 Å². The van der Waals surface area contributed by atoms with E-state index in [1.165, 1.54) is 0 Å². The molecule has 0 rings (SSSR count). The molecule has 0 saturated heterocycles. The van der Waals surface area contributed by atoms with Crippen LogP contribution in [0, 0.1) is 11.3 Å². The standard InChI is InChI=1S/C27H43F/c1-13-26(11,14-2)27(12,28)25(10)24(9)23(8)18-17-22(7)21(6)16-15-20(5)19(3)4/h17-18,25H,3,5-7,13-16H2,1-2,4,8-12H3/b18-17-,24-23+. The number of hydrogen-bond donors (Lipinski definition) is 0. The normalized spacial score (nSPS) is 16.3. The van der Waals surface area contributed by atoms with Gasteiger partial charge in [-0.1, -0.05) is 88.5 Å². The van der Waals surface area contributed by atoms with Crippen LogP contribution >= 0.6 is 0 Å². The Morgan fingerprint density at radius 1 is 0.893 bits per heavy atom. The molecule has 0 aliphatic rings. The van der Waals surface area contributed by atoms with E-state index >= 15 is 4.39 Å². The topological polar surface area (TPSA) is 0 Å². The molecule has 0 amide bonds. The lowest BCUT2D eigenvalue weighted by molar-refractivity contribution is -0.0212. The second kappa shape index (κ2) is 10.8. The molecule has 0 aromatic carbocycles. The second-order valence-corrected chi connectivity index (χ2v) is 8.78. The predicted molar refractivity (Wildman–Crippen MR) is 126 cm³/mol. The molecule has 0 saturated carbocycles. The highest BCUT2D eigenvalue weighted by molar-refractivity contribution is 5.40. The molecule has 1 heteroatoms. The van der Waals surface area contributed by atoms with Crippen molar-refractivity contribution in [1.29, 1.82) is 0 Å². The highest BCUT2D eigenvalue weighted by atomic mass is 19.1. The minimum Gasteiger partial charge on any atom is -0.243 e. The molecule has 2 unspecified atom stereocenters. The van der Waals surface area contributed by atoms with Gasteiger partial charge in [0, 0.05) is 11.3 Å². The SMILES string of the molecule is C=C(C)C(=C)CCC(=C)C(=C)/C=C\C(C)=C(/C)C(C)C(C)(F)C(C)(CC)CC. The third kappa shape index (κ3) is 6.47. The summed E-state index contributed by atoms with van der Waals surface area (Å²) in [5.41, 5.74) is 4.55. The Labute approximate surface area is 174 Å². The number of rotatable bonds is 12. The summed E-state index contributed by atoms with van der Waals surface area (Å²) in [4.78, 5) is 0. The lowest BCUT2D eigenvalue weighted by Crippen LogP contribution is -2.45. The summed E-state index contributed by atoms with van der Waals surface area (Å²) in [6.45, 7) is 32.3. The molecule has 0 fully saturated rings. The summed E-state index contributed by atoms with van der Waals surface area (Å²) in [5.74, 6) is -0.155. The van der Waals surface area contributed by atoms with Gasteiger partial charge >= 0.3 is 0 Å². The molecule has 0 spiro atoms. The van der Waals surface area contributed by atoms with Gasteiger partial charge in [0.1, 0.15) is 5.67 Å². The van der Waals surface area contributed by atoms with Crippen LogP contribution in [0.1, 0.15) is 81.1 Å². The molecule has 2 atom stereocenters. The van der Waals surface area contributed by atoms with Crippen LogP contribution in [0.5, 0.6) is 0 Å². The van der Waals surface area contributed by atoms with Gasteiger partial charge in [-0.3, -0.25) is 0 Å². The Bertz CT molecular complexity index is 662. The molecule has 0 bridgehead atoms. The first kappa shape index (κ1) is 26.4. The summed E-state index contributed by atoms with van der Waals surface area (Å²) in [6.07, 6.45) is 7.36. The molecular formula is C27H43F. The second-order valence-electron chi connectivity index (χ2n) is 8.78. The molecule has 0 heterocycles. The predicted octanol–water partition coefficient (Wildman–Crippen LogP) is 9.09. The summed E-state index contributed by atoms with van der Waals surface area (Å²) < 4.78 is 15.8. The number of halogens is 1. The average Bonchev–Trinajstić information content (AvgIpc) is 2.66. The van der Waals surface area contributed by atoms with Crippen molar-refractivity contribution in [3.05, 3.63) is 71.9 Å². The van der Waals surface area contributed by atoms with E-state index in [1.54, 1.807) is 6.92 Å². The fourth-order valence-electron chi connectivity index (χ4n) is 3.36. The van der Waals surface area contributed by atoms with Crippen molar-refractivity contribution in [3.63, 3.8) is 0 Å². The van der Waals surface area contributed by atoms with E-state index in [4.69, 9.17) is 0 Å². The highest BCUT2D eigenvalue weighted by Crippen LogP contribution is 2.47. The molecule has 0 radical (unpaired) electrons. The third-order valence-electron chi connectivity index (χ3n) is 7.15. The van der Waals surface area contributed by atoms with Gasteiger partial charge in [-0.25, -0.2) is 4.39 Å². The van der Waals surface area contributed by atoms with Gasteiger partial charge in [-0.15, -0.1) is 0 Å². The molecular weight excluding hydrogens is 343 g/mol. The first-order valence-electron chi connectivity index (χ1n) is 10.5. The lowest BCUT2D eigenvalue weighted by Gasteiger charge is -2.44. The smallest absolute Gasteiger partial charge is 0.119 e.